The van der Waals surface area contributed by atoms with Gasteiger partial charge in [-0.05, 0) is 16.0 Å². The van der Waals surface area contributed by atoms with Crippen LogP contribution in [0.5, 0.6) is 11.5 Å². The van der Waals surface area contributed by atoms with Gasteiger partial charge in [-0.1, -0.05) is 11.6 Å². The van der Waals surface area contributed by atoms with Crippen molar-refractivity contribution in [2.24, 2.45) is 5.73 Å². The van der Waals surface area contributed by atoms with Gasteiger partial charge in [-0.25, -0.2) is 0 Å². The second-order valence-corrected chi connectivity index (χ2v) is 5.91. The molecule has 0 fully saturated rings. The maximum absolute atomic E-state index is 12.3. The lowest BCUT2D eigenvalue weighted by molar-refractivity contribution is -0.389. The quantitative estimate of drug-likeness (QED) is 0.270. The third kappa shape index (κ3) is 3.65. The number of aromatic nitrogens is 2. The molecule has 3 rings (SSSR count). The van der Waals surface area contributed by atoms with Crippen LogP contribution in [0.4, 0.5) is 5.82 Å². The van der Waals surface area contributed by atoms with Crippen molar-refractivity contribution in [2.45, 2.75) is 0 Å². The minimum absolute atomic E-state index is 0.196. The van der Waals surface area contributed by atoms with Gasteiger partial charge in [0.25, 0.3) is 5.91 Å². The highest BCUT2D eigenvalue weighted by atomic mass is 35.5. The van der Waals surface area contributed by atoms with Gasteiger partial charge < -0.3 is 25.6 Å². The topological polar surface area (TPSA) is 151 Å². The average molecular weight is 389 g/mol. The van der Waals surface area contributed by atoms with Crippen molar-refractivity contribution in [3.05, 3.63) is 57.4 Å². The highest BCUT2D eigenvalue weighted by Gasteiger charge is 2.18. The number of rotatable bonds is 4. The first-order valence-corrected chi connectivity index (χ1v) is 7.86. The number of ether oxygens (including phenoxy) is 1. The van der Waals surface area contributed by atoms with E-state index in [1.54, 1.807) is 12.1 Å². The maximum Gasteiger partial charge on any atom is 0.367 e. The van der Waals surface area contributed by atoms with Crippen LogP contribution in [0.25, 0.3) is 10.9 Å². The van der Waals surface area contributed by atoms with Gasteiger partial charge in [-0.2, -0.15) is 0 Å². The molecule has 0 spiro atoms. The monoisotopic (exact) mass is 388 g/mol. The van der Waals surface area contributed by atoms with Crippen LogP contribution in [0.3, 0.4) is 0 Å². The number of benzene rings is 1. The molecule has 0 aliphatic carbocycles. The molecular formula is C16H13ClN6O4. The molecule has 1 amide bonds. The predicted molar refractivity (Wildman–Crippen MR) is 98.3 cm³/mol. The zero-order valence-electron chi connectivity index (χ0n) is 13.9. The normalized spacial score (nSPS) is 10.6. The summed E-state index contributed by atoms with van der Waals surface area (Å²) in [5, 5.41) is 19.0. The number of nitrogens with one attached hydrogen (secondary N) is 2. The number of guanidine groups is 1. The SMILES string of the molecule is CN(C(=N)N)C(=O)c1cc2c(Cl)cc(Oc3ccnc([N+](=O)[O-])c3)cc2[nH]1. The van der Waals surface area contributed by atoms with Gasteiger partial charge in [0.2, 0.25) is 0 Å². The van der Waals surface area contributed by atoms with E-state index in [1.165, 1.54) is 31.4 Å². The van der Waals surface area contributed by atoms with Gasteiger partial charge in [-0.3, -0.25) is 15.1 Å². The van der Waals surface area contributed by atoms with Crippen molar-refractivity contribution < 1.29 is 14.5 Å². The van der Waals surface area contributed by atoms with Crippen LogP contribution in [0.1, 0.15) is 10.5 Å². The van der Waals surface area contributed by atoms with Crippen molar-refractivity contribution in [3.63, 3.8) is 0 Å². The Morgan fingerprint density at radius 3 is 2.78 bits per heavy atom. The molecule has 138 valence electrons. The Bertz CT molecular complexity index is 1080. The van der Waals surface area contributed by atoms with Crippen molar-refractivity contribution in [2.75, 3.05) is 7.05 Å². The summed E-state index contributed by atoms with van der Waals surface area (Å²) in [6.07, 6.45) is 1.26. The lowest BCUT2D eigenvalue weighted by Crippen LogP contribution is -2.38. The third-order valence-corrected chi connectivity index (χ3v) is 4.01. The summed E-state index contributed by atoms with van der Waals surface area (Å²) in [6, 6.07) is 7.31. The van der Waals surface area contributed by atoms with Crippen LogP contribution in [-0.2, 0) is 0 Å². The summed E-state index contributed by atoms with van der Waals surface area (Å²) in [5.74, 6) is -0.713. The van der Waals surface area contributed by atoms with Gasteiger partial charge in [0, 0.05) is 30.6 Å². The first-order valence-electron chi connectivity index (χ1n) is 7.49. The number of amides is 1. The summed E-state index contributed by atoms with van der Waals surface area (Å²) in [5.41, 5.74) is 6.03. The summed E-state index contributed by atoms with van der Waals surface area (Å²) >= 11 is 6.26. The lowest BCUT2D eigenvalue weighted by Gasteiger charge is -2.12. The van der Waals surface area contributed by atoms with E-state index in [1.807, 2.05) is 0 Å². The minimum atomic E-state index is -0.628. The fraction of sp³-hybridized carbons (Fsp3) is 0.0625. The minimum Gasteiger partial charge on any atom is -0.457 e. The molecule has 3 aromatic rings. The van der Waals surface area contributed by atoms with Crippen LogP contribution in [0, 0.1) is 15.5 Å². The van der Waals surface area contributed by atoms with E-state index in [4.69, 9.17) is 27.5 Å². The van der Waals surface area contributed by atoms with Gasteiger partial charge in [0.05, 0.1) is 16.6 Å². The zero-order valence-corrected chi connectivity index (χ0v) is 14.6. The zero-order chi connectivity index (χ0) is 19.7. The predicted octanol–water partition coefficient (Wildman–Crippen LogP) is 2.88. The number of fused-ring (bicyclic) bond motifs is 1. The number of hydrogen-bond acceptors (Lipinski definition) is 6. The smallest absolute Gasteiger partial charge is 0.367 e. The van der Waals surface area contributed by atoms with Crippen LogP contribution in [0.15, 0.2) is 36.5 Å². The molecule has 0 saturated carbocycles. The van der Waals surface area contributed by atoms with Crippen LogP contribution >= 0.6 is 11.6 Å². The van der Waals surface area contributed by atoms with Gasteiger partial charge in [-0.15, -0.1) is 0 Å². The number of nitro groups is 1. The Morgan fingerprint density at radius 2 is 2.11 bits per heavy atom. The number of hydrogen-bond donors (Lipinski definition) is 3. The number of nitrogens with zero attached hydrogens (tertiary/aromatic N) is 3. The van der Waals surface area contributed by atoms with Crippen molar-refractivity contribution >= 4 is 40.2 Å². The first kappa shape index (κ1) is 18.1. The number of carbonyl (C=O) groups excluding carboxylic acids is 1. The number of nitrogens with two attached hydrogens (primary N) is 1. The van der Waals surface area contributed by atoms with Crippen LogP contribution < -0.4 is 10.5 Å². The molecule has 0 bridgehead atoms. The number of aromatic amines is 1. The molecular weight excluding hydrogens is 376 g/mol. The summed E-state index contributed by atoms with van der Waals surface area (Å²) in [4.78, 5) is 29.9. The molecule has 4 N–H and O–H groups in total. The Kier molecular flexibility index (Phi) is 4.65. The van der Waals surface area contributed by atoms with Gasteiger partial charge in [0.15, 0.2) is 5.96 Å². The molecule has 27 heavy (non-hydrogen) atoms. The fourth-order valence-corrected chi connectivity index (χ4v) is 2.60. The van der Waals surface area contributed by atoms with Gasteiger partial charge >= 0.3 is 5.82 Å². The van der Waals surface area contributed by atoms with Crippen LogP contribution in [0.2, 0.25) is 5.02 Å². The number of carbonyl (C=O) groups is 1. The first-order chi connectivity index (χ1) is 12.8. The van der Waals surface area contributed by atoms with E-state index < -0.39 is 16.8 Å². The van der Waals surface area contributed by atoms with Crippen molar-refractivity contribution in [1.29, 1.82) is 5.41 Å². The number of halogens is 1. The van der Waals surface area contributed by atoms with E-state index in [2.05, 4.69) is 9.97 Å². The highest BCUT2D eigenvalue weighted by Crippen LogP contribution is 2.32. The summed E-state index contributed by atoms with van der Waals surface area (Å²) in [6.45, 7) is 0. The molecule has 0 aliphatic heterocycles. The van der Waals surface area contributed by atoms with Crippen molar-refractivity contribution in [1.82, 2.24) is 14.9 Å². The number of H-pyrrole nitrogens is 1. The van der Waals surface area contributed by atoms with Crippen LogP contribution in [-0.4, -0.2) is 38.7 Å². The molecule has 0 atom stereocenters. The molecule has 0 aliphatic rings. The van der Waals surface area contributed by atoms with Crippen molar-refractivity contribution in [3.8, 4) is 11.5 Å². The largest absolute Gasteiger partial charge is 0.457 e. The van der Waals surface area contributed by atoms with E-state index in [9.17, 15) is 14.9 Å². The molecule has 0 radical (unpaired) electrons. The third-order valence-electron chi connectivity index (χ3n) is 3.70. The Morgan fingerprint density at radius 1 is 1.37 bits per heavy atom. The second-order valence-electron chi connectivity index (χ2n) is 5.51. The molecule has 10 nitrogen and oxygen atoms in total. The highest BCUT2D eigenvalue weighted by molar-refractivity contribution is 6.35. The Balaban J connectivity index is 1.95. The molecule has 0 saturated heterocycles. The van der Waals surface area contributed by atoms with E-state index in [0.29, 0.717) is 21.7 Å². The Hall–Kier alpha value is -3.66. The Labute approximate surface area is 157 Å². The maximum atomic E-state index is 12.3. The molecule has 2 aromatic heterocycles. The summed E-state index contributed by atoms with van der Waals surface area (Å²) < 4.78 is 5.62. The molecule has 2 heterocycles. The second kappa shape index (κ2) is 6.92. The fourth-order valence-electron chi connectivity index (χ4n) is 2.33. The standard InChI is InChI=1S/C16H13ClN6O4/c1-22(16(18)19)15(24)13-7-10-11(17)4-9(5-12(10)21-13)27-8-2-3-20-14(6-8)23(25)26/h2-7,21H,1H3,(H3,18,19). The summed E-state index contributed by atoms with van der Waals surface area (Å²) in [7, 11) is 1.38. The number of pyridine rings is 1. The lowest BCUT2D eigenvalue weighted by atomic mass is 10.2. The average Bonchev–Trinajstić information content (AvgIpc) is 3.05. The molecule has 1 aromatic carbocycles. The molecule has 0 unspecified atom stereocenters. The van der Waals surface area contributed by atoms with E-state index >= 15 is 0 Å². The molecule has 11 heteroatoms. The van der Waals surface area contributed by atoms with E-state index in [-0.39, 0.29) is 17.3 Å². The van der Waals surface area contributed by atoms with Gasteiger partial charge in [0.1, 0.15) is 23.4 Å². The van der Waals surface area contributed by atoms with E-state index in [0.717, 1.165) is 4.90 Å².